The summed E-state index contributed by atoms with van der Waals surface area (Å²) >= 11 is 0. The van der Waals surface area contributed by atoms with Gasteiger partial charge >= 0.3 is 0 Å². The number of hydrogen-bond donors (Lipinski definition) is 6. The van der Waals surface area contributed by atoms with Crippen molar-refractivity contribution >= 4 is 34.2 Å². The van der Waals surface area contributed by atoms with Crippen LogP contribution in [0.25, 0.3) is 22.3 Å². The molecule has 2 atom stereocenters. The fourth-order valence-electron chi connectivity index (χ4n) is 2.93. The van der Waals surface area contributed by atoms with E-state index in [-0.39, 0.29) is 47.3 Å². The zero-order valence-electron chi connectivity index (χ0n) is 14.3. The second-order valence-electron chi connectivity index (χ2n) is 6.18. The smallest absolute Gasteiger partial charge is 0.278 e. The van der Waals surface area contributed by atoms with Gasteiger partial charge in [0.25, 0.3) is 11.1 Å². The summed E-state index contributed by atoms with van der Waals surface area (Å²) in [5.74, 6) is -0.149. The summed E-state index contributed by atoms with van der Waals surface area (Å²) < 4.78 is 2.71. The standard InChI is InChI=1S/C14H16N10O4/c15-13-19-9-7(11(27)21-13)23(3-17-9)1-5(25)6(26)2-24-4-18-10-8(24)12(28)22-14(16)20-10/h3-6,25-26H,1-2H2,(H3,15,19,21,27)(H3,16,20,22,28). The van der Waals surface area contributed by atoms with E-state index >= 15 is 0 Å². The van der Waals surface area contributed by atoms with Gasteiger partial charge in [0.05, 0.1) is 38.0 Å². The topological polar surface area (TPSA) is 220 Å². The number of aromatic nitrogens is 8. The number of aromatic amines is 2. The van der Waals surface area contributed by atoms with E-state index in [1.807, 2.05) is 0 Å². The Morgan fingerprint density at radius 1 is 0.857 bits per heavy atom. The number of nitrogen functional groups attached to an aromatic ring is 2. The number of nitrogens with one attached hydrogen (secondary N) is 2. The van der Waals surface area contributed by atoms with Crippen LogP contribution in [0, 0.1) is 0 Å². The Kier molecular flexibility index (Phi) is 4.05. The number of imidazole rings is 2. The number of anilines is 2. The van der Waals surface area contributed by atoms with Gasteiger partial charge in [0, 0.05) is 0 Å². The van der Waals surface area contributed by atoms with Crippen molar-refractivity contribution in [2.45, 2.75) is 25.3 Å². The van der Waals surface area contributed by atoms with Gasteiger partial charge in [-0.25, -0.2) is 9.97 Å². The molecule has 14 nitrogen and oxygen atoms in total. The van der Waals surface area contributed by atoms with Crippen LogP contribution in [-0.4, -0.2) is 61.5 Å². The average Bonchev–Trinajstić information content (AvgIpc) is 3.19. The minimum atomic E-state index is -1.28. The third-order valence-corrected chi connectivity index (χ3v) is 4.21. The van der Waals surface area contributed by atoms with E-state index in [1.54, 1.807) is 0 Å². The minimum absolute atomic E-state index is 0.0743. The molecular weight excluding hydrogens is 372 g/mol. The Bertz CT molecular complexity index is 1180. The van der Waals surface area contributed by atoms with Crippen LogP contribution in [0.15, 0.2) is 22.2 Å². The number of fused-ring (bicyclic) bond motifs is 2. The first-order valence-electron chi connectivity index (χ1n) is 8.11. The second-order valence-corrected chi connectivity index (χ2v) is 6.18. The highest BCUT2D eigenvalue weighted by Gasteiger charge is 2.21. The van der Waals surface area contributed by atoms with Gasteiger partial charge in [0.15, 0.2) is 22.3 Å². The molecule has 2 unspecified atom stereocenters. The maximum atomic E-state index is 12.1. The molecule has 0 amide bonds. The van der Waals surface area contributed by atoms with Gasteiger partial charge in [-0.3, -0.25) is 19.6 Å². The van der Waals surface area contributed by atoms with E-state index in [1.165, 1.54) is 21.8 Å². The van der Waals surface area contributed by atoms with Crippen LogP contribution < -0.4 is 22.6 Å². The lowest BCUT2D eigenvalue weighted by Crippen LogP contribution is -2.34. The van der Waals surface area contributed by atoms with Crippen LogP contribution in [0.5, 0.6) is 0 Å². The van der Waals surface area contributed by atoms with Gasteiger partial charge in [-0.2, -0.15) is 9.97 Å². The van der Waals surface area contributed by atoms with Crippen LogP contribution >= 0.6 is 0 Å². The van der Waals surface area contributed by atoms with Crippen molar-refractivity contribution < 1.29 is 10.2 Å². The lowest BCUT2D eigenvalue weighted by atomic mass is 10.2. The van der Waals surface area contributed by atoms with E-state index in [0.717, 1.165) is 0 Å². The predicted octanol–water partition coefficient (Wildman–Crippen LogP) is -2.86. The van der Waals surface area contributed by atoms with Crippen LogP contribution in [-0.2, 0) is 13.1 Å². The molecule has 4 heterocycles. The summed E-state index contributed by atoms with van der Waals surface area (Å²) in [6.45, 7) is -0.277. The molecule has 0 saturated heterocycles. The first-order valence-corrected chi connectivity index (χ1v) is 8.11. The lowest BCUT2D eigenvalue weighted by molar-refractivity contribution is 0.00111. The molecule has 0 saturated carbocycles. The number of nitrogens with two attached hydrogens (primary N) is 2. The molecule has 0 spiro atoms. The van der Waals surface area contributed by atoms with E-state index < -0.39 is 23.3 Å². The lowest BCUT2D eigenvalue weighted by Gasteiger charge is -2.19. The highest BCUT2D eigenvalue weighted by atomic mass is 16.3. The first-order chi connectivity index (χ1) is 13.3. The monoisotopic (exact) mass is 388 g/mol. The Hall–Kier alpha value is -3.78. The van der Waals surface area contributed by atoms with E-state index in [4.69, 9.17) is 11.5 Å². The summed E-state index contributed by atoms with van der Waals surface area (Å²) in [4.78, 5) is 44.5. The van der Waals surface area contributed by atoms with Crippen molar-refractivity contribution in [1.29, 1.82) is 0 Å². The molecule has 0 bridgehead atoms. The maximum absolute atomic E-state index is 12.1. The molecule has 0 radical (unpaired) electrons. The third-order valence-electron chi connectivity index (χ3n) is 4.21. The highest BCUT2D eigenvalue weighted by Crippen LogP contribution is 2.11. The van der Waals surface area contributed by atoms with Crippen LogP contribution in [0.2, 0.25) is 0 Å². The highest BCUT2D eigenvalue weighted by molar-refractivity contribution is 5.71. The fourth-order valence-corrected chi connectivity index (χ4v) is 2.93. The third kappa shape index (κ3) is 2.95. The molecule has 0 fully saturated rings. The molecule has 4 aromatic rings. The van der Waals surface area contributed by atoms with Gasteiger partial charge in [-0.1, -0.05) is 0 Å². The minimum Gasteiger partial charge on any atom is -0.388 e. The molecule has 146 valence electrons. The number of aliphatic hydroxyl groups is 2. The number of hydrogen-bond acceptors (Lipinski definition) is 10. The number of rotatable bonds is 5. The Morgan fingerprint density at radius 3 is 1.64 bits per heavy atom. The Balaban J connectivity index is 1.57. The quantitative estimate of drug-likeness (QED) is 0.205. The summed E-state index contributed by atoms with van der Waals surface area (Å²) in [7, 11) is 0. The number of aliphatic hydroxyl groups excluding tert-OH is 2. The summed E-state index contributed by atoms with van der Waals surface area (Å²) in [5.41, 5.74) is 10.4. The summed E-state index contributed by atoms with van der Waals surface area (Å²) in [6, 6.07) is 0. The molecular formula is C14H16N10O4. The molecule has 14 heteroatoms. The molecule has 4 rings (SSSR count). The molecule has 8 N–H and O–H groups in total. The van der Waals surface area contributed by atoms with Crippen molar-refractivity contribution in [3.8, 4) is 0 Å². The SMILES string of the molecule is Nc1nc2ncn(CC(O)C(O)Cn3cnc4nc(N)[nH]c(=O)c43)c2c(=O)[nH]1. The van der Waals surface area contributed by atoms with E-state index in [9.17, 15) is 19.8 Å². The van der Waals surface area contributed by atoms with Crippen molar-refractivity contribution in [1.82, 2.24) is 39.0 Å². The first kappa shape index (κ1) is 17.6. The molecule has 0 aliphatic rings. The van der Waals surface area contributed by atoms with E-state index in [2.05, 4.69) is 29.9 Å². The zero-order chi connectivity index (χ0) is 20.0. The summed E-state index contributed by atoms with van der Waals surface area (Å²) in [5, 5.41) is 20.7. The molecule has 4 aromatic heterocycles. The average molecular weight is 388 g/mol. The molecule has 28 heavy (non-hydrogen) atoms. The largest absolute Gasteiger partial charge is 0.388 e. The van der Waals surface area contributed by atoms with Gasteiger partial charge in [0.2, 0.25) is 11.9 Å². The van der Waals surface area contributed by atoms with Crippen molar-refractivity contribution in [3.05, 3.63) is 33.4 Å². The summed E-state index contributed by atoms with van der Waals surface area (Å²) in [6.07, 6.45) is 0.0544. The number of H-pyrrole nitrogens is 2. The fraction of sp³-hybridized carbons (Fsp3) is 0.286. The van der Waals surface area contributed by atoms with Crippen LogP contribution in [0.4, 0.5) is 11.9 Å². The molecule has 0 aliphatic heterocycles. The van der Waals surface area contributed by atoms with E-state index in [0.29, 0.717) is 0 Å². The van der Waals surface area contributed by atoms with Gasteiger partial charge in [-0.15, -0.1) is 0 Å². The van der Waals surface area contributed by atoms with Crippen LogP contribution in [0.1, 0.15) is 0 Å². The van der Waals surface area contributed by atoms with Crippen LogP contribution in [0.3, 0.4) is 0 Å². The predicted molar refractivity (Wildman–Crippen MR) is 97.1 cm³/mol. The van der Waals surface area contributed by atoms with Gasteiger partial charge < -0.3 is 30.8 Å². The molecule has 0 aromatic carbocycles. The Labute approximate surface area is 154 Å². The van der Waals surface area contributed by atoms with Gasteiger partial charge in [-0.05, 0) is 0 Å². The van der Waals surface area contributed by atoms with Crippen molar-refractivity contribution in [2.75, 3.05) is 11.5 Å². The Morgan fingerprint density at radius 2 is 1.25 bits per heavy atom. The van der Waals surface area contributed by atoms with Gasteiger partial charge in [0.1, 0.15) is 0 Å². The second kappa shape index (κ2) is 6.43. The number of nitrogens with zero attached hydrogens (tertiary/aromatic N) is 6. The zero-order valence-corrected chi connectivity index (χ0v) is 14.3. The molecule has 0 aliphatic carbocycles. The normalized spacial score (nSPS) is 13.9. The van der Waals surface area contributed by atoms with Crippen molar-refractivity contribution in [3.63, 3.8) is 0 Å². The van der Waals surface area contributed by atoms with Crippen molar-refractivity contribution in [2.24, 2.45) is 0 Å². The maximum Gasteiger partial charge on any atom is 0.278 e.